The second-order valence-electron chi connectivity index (χ2n) is 4.69. The number of ether oxygens (including phenoxy) is 1. The maximum Gasteiger partial charge on any atom is 0.241 e. The molecule has 0 aromatic heterocycles. The van der Waals surface area contributed by atoms with Crippen molar-refractivity contribution in [1.82, 2.24) is 5.43 Å². The van der Waals surface area contributed by atoms with Crippen molar-refractivity contribution in [3.63, 3.8) is 0 Å². The van der Waals surface area contributed by atoms with E-state index in [2.05, 4.69) is 28.0 Å². The molecule has 0 aliphatic rings. The first kappa shape index (κ1) is 15.8. The molecule has 0 aliphatic heterocycles. The first-order valence-electron chi connectivity index (χ1n) is 6.58. The molecule has 0 saturated carbocycles. The van der Waals surface area contributed by atoms with E-state index in [1.807, 2.05) is 55.5 Å². The molecule has 2 aromatic carbocycles. The third kappa shape index (κ3) is 4.18. The van der Waals surface area contributed by atoms with E-state index >= 15 is 0 Å². The van der Waals surface area contributed by atoms with Crippen molar-refractivity contribution in [1.29, 1.82) is 0 Å². The Kier molecular flexibility index (Phi) is 5.58. The number of carbonyl (C=O) groups excluding carboxylic acids is 1. The number of nitrogens with one attached hydrogen (secondary N) is 1. The van der Waals surface area contributed by atoms with Gasteiger partial charge in [-0.1, -0.05) is 36.4 Å². The summed E-state index contributed by atoms with van der Waals surface area (Å²) in [4.78, 5) is 11.5. The van der Waals surface area contributed by atoms with Gasteiger partial charge in [0.05, 0.1) is 9.49 Å². The van der Waals surface area contributed by atoms with Crippen LogP contribution in [0, 0.1) is 3.57 Å². The lowest BCUT2D eigenvalue weighted by Crippen LogP contribution is -2.33. The van der Waals surface area contributed by atoms with E-state index < -0.39 is 0 Å². The molecule has 2 rings (SSSR count). The summed E-state index contributed by atoms with van der Waals surface area (Å²) in [6.45, 7) is 2.32. The van der Waals surface area contributed by atoms with E-state index in [0.717, 1.165) is 20.4 Å². The van der Waals surface area contributed by atoms with E-state index in [0.29, 0.717) is 6.61 Å². The van der Waals surface area contributed by atoms with Crippen molar-refractivity contribution in [2.24, 2.45) is 5.84 Å². The molecule has 5 heteroatoms. The minimum absolute atomic E-state index is 0.196. The summed E-state index contributed by atoms with van der Waals surface area (Å²) in [6.07, 6.45) is 0. The SMILES string of the molecule is CC(C(=O)NN)c1ccc(COc2ccccc2I)cc1. The van der Waals surface area contributed by atoms with Gasteiger partial charge in [-0.2, -0.15) is 0 Å². The van der Waals surface area contributed by atoms with Crippen LogP contribution in [0.3, 0.4) is 0 Å². The van der Waals surface area contributed by atoms with Crippen LogP contribution in [-0.4, -0.2) is 5.91 Å². The highest BCUT2D eigenvalue weighted by molar-refractivity contribution is 14.1. The van der Waals surface area contributed by atoms with Crippen LogP contribution in [0.15, 0.2) is 48.5 Å². The fourth-order valence-electron chi connectivity index (χ4n) is 1.90. The second kappa shape index (κ2) is 7.42. The Bertz CT molecular complexity index is 614. The molecule has 4 nitrogen and oxygen atoms in total. The van der Waals surface area contributed by atoms with Crippen molar-refractivity contribution in [2.75, 3.05) is 0 Å². The highest BCUT2D eigenvalue weighted by Gasteiger charge is 2.13. The second-order valence-corrected chi connectivity index (χ2v) is 5.85. The van der Waals surface area contributed by atoms with Crippen LogP contribution in [0.25, 0.3) is 0 Å². The van der Waals surface area contributed by atoms with E-state index in [9.17, 15) is 4.79 Å². The summed E-state index contributed by atoms with van der Waals surface area (Å²) >= 11 is 2.25. The predicted octanol–water partition coefficient (Wildman–Crippen LogP) is 2.96. The van der Waals surface area contributed by atoms with Gasteiger partial charge in [-0.15, -0.1) is 0 Å². The minimum atomic E-state index is -0.264. The van der Waals surface area contributed by atoms with Crippen LogP contribution in [0.2, 0.25) is 0 Å². The molecule has 1 unspecified atom stereocenters. The van der Waals surface area contributed by atoms with Gasteiger partial charge in [-0.3, -0.25) is 10.2 Å². The van der Waals surface area contributed by atoms with E-state index in [1.165, 1.54) is 0 Å². The third-order valence-corrected chi connectivity index (χ3v) is 4.14. The fourth-order valence-corrected chi connectivity index (χ4v) is 2.44. The lowest BCUT2D eigenvalue weighted by Gasteiger charge is -2.11. The molecule has 0 spiro atoms. The normalized spacial score (nSPS) is 11.8. The average molecular weight is 396 g/mol. The van der Waals surface area contributed by atoms with Gasteiger partial charge in [0.25, 0.3) is 0 Å². The molecule has 1 amide bonds. The number of carbonyl (C=O) groups is 1. The molecule has 0 fully saturated rings. The molecule has 0 aliphatic carbocycles. The summed E-state index contributed by atoms with van der Waals surface area (Å²) < 4.78 is 6.87. The smallest absolute Gasteiger partial charge is 0.241 e. The van der Waals surface area contributed by atoms with E-state index in [-0.39, 0.29) is 11.8 Å². The number of hydrazine groups is 1. The van der Waals surface area contributed by atoms with Crippen LogP contribution in [-0.2, 0) is 11.4 Å². The van der Waals surface area contributed by atoms with Crippen molar-refractivity contribution in [3.8, 4) is 5.75 Å². The summed E-state index contributed by atoms with van der Waals surface area (Å²) in [7, 11) is 0. The molecule has 3 N–H and O–H groups in total. The highest BCUT2D eigenvalue weighted by atomic mass is 127. The van der Waals surface area contributed by atoms with Crippen molar-refractivity contribution < 1.29 is 9.53 Å². The number of hydrogen-bond donors (Lipinski definition) is 2. The Morgan fingerprint density at radius 2 is 1.90 bits per heavy atom. The zero-order chi connectivity index (χ0) is 15.2. The fraction of sp³-hybridized carbons (Fsp3) is 0.188. The highest BCUT2D eigenvalue weighted by Crippen LogP contribution is 2.21. The van der Waals surface area contributed by atoms with Gasteiger partial charge in [0.15, 0.2) is 0 Å². The van der Waals surface area contributed by atoms with E-state index in [1.54, 1.807) is 0 Å². The largest absolute Gasteiger partial charge is 0.488 e. The molecule has 1 atom stereocenters. The van der Waals surface area contributed by atoms with Crippen LogP contribution in [0.4, 0.5) is 0 Å². The van der Waals surface area contributed by atoms with Crippen LogP contribution >= 0.6 is 22.6 Å². The summed E-state index contributed by atoms with van der Waals surface area (Å²) in [6, 6.07) is 15.7. The molecule has 0 saturated heterocycles. The Morgan fingerprint density at radius 1 is 1.24 bits per heavy atom. The van der Waals surface area contributed by atoms with Gasteiger partial charge in [0.2, 0.25) is 5.91 Å². The van der Waals surface area contributed by atoms with Crippen molar-refractivity contribution >= 4 is 28.5 Å². The van der Waals surface area contributed by atoms with Gasteiger partial charge < -0.3 is 4.74 Å². The summed E-state index contributed by atoms with van der Waals surface area (Å²) in [5.41, 5.74) is 4.15. The summed E-state index contributed by atoms with van der Waals surface area (Å²) in [5, 5.41) is 0. The Hall–Kier alpha value is -1.60. The molecular formula is C16H17IN2O2. The number of rotatable bonds is 5. The third-order valence-electron chi connectivity index (χ3n) is 3.25. The lowest BCUT2D eigenvalue weighted by molar-refractivity contribution is -0.122. The van der Waals surface area contributed by atoms with E-state index in [4.69, 9.17) is 10.6 Å². The van der Waals surface area contributed by atoms with Gasteiger partial charge in [-0.05, 0) is 52.8 Å². The van der Waals surface area contributed by atoms with Crippen LogP contribution < -0.4 is 16.0 Å². The number of hydrogen-bond acceptors (Lipinski definition) is 3. The molecule has 2 aromatic rings. The van der Waals surface area contributed by atoms with Crippen molar-refractivity contribution in [2.45, 2.75) is 19.4 Å². The minimum Gasteiger partial charge on any atom is -0.488 e. The number of amides is 1. The maximum atomic E-state index is 11.5. The van der Waals surface area contributed by atoms with Crippen molar-refractivity contribution in [3.05, 3.63) is 63.2 Å². The van der Waals surface area contributed by atoms with Crippen LogP contribution in [0.5, 0.6) is 5.75 Å². The molecule has 21 heavy (non-hydrogen) atoms. The first-order valence-corrected chi connectivity index (χ1v) is 7.66. The Labute approximate surface area is 137 Å². The number of nitrogens with two attached hydrogens (primary N) is 1. The lowest BCUT2D eigenvalue weighted by atomic mass is 9.99. The monoisotopic (exact) mass is 396 g/mol. The average Bonchev–Trinajstić information content (AvgIpc) is 2.53. The quantitative estimate of drug-likeness (QED) is 0.354. The Morgan fingerprint density at radius 3 is 2.52 bits per heavy atom. The standard InChI is InChI=1S/C16H17IN2O2/c1-11(16(20)19-18)13-8-6-12(7-9-13)10-21-15-5-3-2-4-14(15)17/h2-9,11H,10,18H2,1H3,(H,19,20). The van der Waals surface area contributed by atoms with Crippen LogP contribution in [0.1, 0.15) is 24.0 Å². The molecular weight excluding hydrogens is 379 g/mol. The zero-order valence-corrected chi connectivity index (χ0v) is 13.8. The maximum absolute atomic E-state index is 11.5. The molecule has 0 heterocycles. The first-order chi connectivity index (χ1) is 10.1. The zero-order valence-electron chi connectivity index (χ0n) is 11.7. The number of benzene rings is 2. The molecule has 0 radical (unpaired) electrons. The number of para-hydroxylation sites is 1. The Balaban J connectivity index is 2.00. The predicted molar refractivity (Wildman–Crippen MR) is 90.7 cm³/mol. The molecule has 110 valence electrons. The topological polar surface area (TPSA) is 64.4 Å². The van der Waals surface area contributed by atoms with Gasteiger partial charge in [0.1, 0.15) is 12.4 Å². The van der Waals surface area contributed by atoms with Gasteiger partial charge >= 0.3 is 0 Å². The van der Waals surface area contributed by atoms with Gasteiger partial charge in [-0.25, -0.2) is 5.84 Å². The summed E-state index contributed by atoms with van der Waals surface area (Å²) in [5.74, 6) is 5.56. The van der Waals surface area contributed by atoms with Gasteiger partial charge in [0, 0.05) is 0 Å². The number of halogens is 1. The molecule has 0 bridgehead atoms.